The first-order valence-corrected chi connectivity index (χ1v) is 9.87. The van der Waals surface area contributed by atoms with Crippen molar-refractivity contribution in [3.63, 3.8) is 0 Å². The summed E-state index contributed by atoms with van der Waals surface area (Å²) in [4.78, 5) is 39.7. The third-order valence-electron chi connectivity index (χ3n) is 4.51. The van der Waals surface area contributed by atoms with E-state index in [0.717, 1.165) is 12.8 Å². The number of carboxylic acid groups (broad SMARTS) is 2. The summed E-state index contributed by atoms with van der Waals surface area (Å²) < 4.78 is 5.23. The molecule has 1 rings (SSSR count). The van der Waals surface area contributed by atoms with Crippen LogP contribution in [0.2, 0.25) is 0 Å². The fourth-order valence-electron chi connectivity index (χ4n) is 2.92. The van der Waals surface area contributed by atoms with E-state index in [9.17, 15) is 14.4 Å². The molecule has 0 bridgehead atoms. The maximum Gasteiger partial charge on any atom is 0.320 e. The van der Waals surface area contributed by atoms with Crippen LogP contribution in [0, 0.1) is 0 Å². The highest BCUT2D eigenvalue weighted by Gasteiger charge is 2.18. The Morgan fingerprint density at radius 1 is 0.821 bits per heavy atom. The Bertz CT molecular complexity index is 491. The van der Waals surface area contributed by atoms with E-state index < -0.39 is 11.9 Å². The van der Waals surface area contributed by atoms with Gasteiger partial charge in [0.15, 0.2) is 0 Å². The van der Waals surface area contributed by atoms with E-state index in [2.05, 4.69) is 5.32 Å². The summed E-state index contributed by atoms with van der Waals surface area (Å²) in [5.74, 6) is -2.09. The van der Waals surface area contributed by atoms with E-state index in [0.29, 0.717) is 59.0 Å². The highest BCUT2D eigenvalue weighted by Crippen LogP contribution is 1.99. The Balaban J connectivity index is 2.64. The molecule has 1 heterocycles. The Hall–Kier alpha value is -1.75. The number of esters is 1. The Morgan fingerprint density at radius 2 is 1.29 bits per heavy atom. The molecule has 0 radical (unpaired) electrons. The summed E-state index contributed by atoms with van der Waals surface area (Å²) >= 11 is 0. The first-order valence-electron chi connectivity index (χ1n) is 9.87. The largest absolute Gasteiger partial charge is 0.480 e. The number of hydrogen-bond donors (Lipinski definition) is 3. The number of hydrogen-bond acceptors (Lipinski definition) is 8. The molecule has 10 nitrogen and oxygen atoms in total. The van der Waals surface area contributed by atoms with Crippen LogP contribution < -0.4 is 5.32 Å². The second-order valence-corrected chi connectivity index (χ2v) is 6.94. The Labute approximate surface area is 166 Å². The van der Waals surface area contributed by atoms with Gasteiger partial charge in [0.1, 0.15) is 0 Å². The summed E-state index contributed by atoms with van der Waals surface area (Å²) in [5, 5.41) is 21.5. The van der Waals surface area contributed by atoms with Crippen molar-refractivity contribution < 1.29 is 29.3 Å². The van der Waals surface area contributed by atoms with Crippen molar-refractivity contribution in [2.45, 2.75) is 19.8 Å². The molecule has 0 amide bonds. The monoisotopic (exact) mass is 402 g/mol. The van der Waals surface area contributed by atoms with Gasteiger partial charge in [-0.3, -0.25) is 29.1 Å². The zero-order valence-corrected chi connectivity index (χ0v) is 16.8. The lowest BCUT2D eigenvalue weighted by Crippen LogP contribution is -2.47. The highest BCUT2D eigenvalue weighted by molar-refractivity contribution is 5.71. The van der Waals surface area contributed by atoms with Gasteiger partial charge in [0.2, 0.25) is 0 Å². The first-order chi connectivity index (χ1) is 13.4. The van der Waals surface area contributed by atoms with Gasteiger partial charge in [-0.2, -0.15) is 0 Å². The van der Waals surface area contributed by atoms with Gasteiger partial charge in [-0.1, -0.05) is 13.3 Å². The van der Waals surface area contributed by atoms with E-state index in [1.165, 1.54) is 0 Å². The van der Waals surface area contributed by atoms with E-state index in [4.69, 9.17) is 14.9 Å². The molecule has 0 aromatic heterocycles. The van der Waals surface area contributed by atoms with Gasteiger partial charge in [-0.05, 0) is 6.42 Å². The minimum Gasteiger partial charge on any atom is -0.480 e. The van der Waals surface area contributed by atoms with Crippen LogP contribution in [0.5, 0.6) is 0 Å². The molecular formula is C18H34N4O6. The van der Waals surface area contributed by atoms with Gasteiger partial charge < -0.3 is 20.3 Å². The molecule has 0 saturated carbocycles. The number of nitrogens with one attached hydrogen (secondary N) is 1. The number of ether oxygens (including phenoxy) is 1. The van der Waals surface area contributed by atoms with Gasteiger partial charge in [0.25, 0.3) is 0 Å². The molecule has 0 aromatic carbocycles. The number of carbonyl (C=O) groups is 3. The Morgan fingerprint density at radius 3 is 1.75 bits per heavy atom. The first kappa shape index (κ1) is 24.3. The minimum atomic E-state index is -0.927. The van der Waals surface area contributed by atoms with Gasteiger partial charge in [-0.25, -0.2) is 0 Å². The summed E-state index contributed by atoms with van der Waals surface area (Å²) in [6, 6.07) is 0. The SMILES string of the molecule is CCCCOC(=O)CN1CCNCCN(CC(=O)O)CCN(CC(=O)O)CC1. The summed E-state index contributed by atoms with van der Waals surface area (Å²) in [7, 11) is 0. The fraction of sp³-hybridized carbons (Fsp3) is 0.833. The van der Waals surface area contributed by atoms with Crippen molar-refractivity contribution in [1.29, 1.82) is 0 Å². The standard InChI is InChI=1S/C18H34N4O6/c1-2-3-12-28-18(27)15-21-7-5-19-4-6-20(13-16(23)24)8-10-22(11-9-21)14-17(25)26/h19H,2-15H2,1H3,(H,23,24)(H,25,26). The third-order valence-corrected chi connectivity index (χ3v) is 4.51. The van der Waals surface area contributed by atoms with Gasteiger partial charge >= 0.3 is 17.9 Å². The molecule has 1 aliphatic heterocycles. The van der Waals surface area contributed by atoms with Crippen molar-refractivity contribution >= 4 is 17.9 Å². The molecule has 1 saturated heterocycles. The number of rotatable bonds is 9. The fourth-order valence-corrected chi connectivity index (χ4v) is 2.92. The van der Waals surface area contributed by atoms with Crippen LogP contribution in [0.4, 0.5) is 0 Å². The van der Waals surface area contributed by atoms with Crippen LogP contribution >= 0.6 is 0 Å². The van der Waals surface area contributed by atoms with Crippen molar-refractivity contribution in [3.05, 3.63) is 0 Å². The predicted octanol–water partition coefficient (Wildman–Crippen LogP) is -0.992. The second kappa shape index (κ2) is 14.3. The number of aliphatic carboxylic acids is 2. The smallest absolute Gasteiger partial charge is 0.320 e. The molecule has 0 aromatic rings. The maximum absolute atomic E-state index is 12.0. The molecule has 0 unspecified atom stereocenters. The van der Waals surface area contributed by atoms with E-state index in [-0.39, 0.29) is 25.6 Å². The molecule has 0 atom stereocenters. The van der Waals surface area contributed by atoms with Crippen LogP contribution in [-0.2, 0) is 19.1 Å². The molecule has 1 aliphatic rings. The summed E-state index contributed by atoms with van der Waals surface area (Å²) in [6.07, 6.45) is 1.80. The minimum absolute atomic E-state index is 0.0711. The molecule has 0 aliphatic carbocycles. The topological polar surface area (TPSA) is 123 Å². The highest BCUT2D eigenvalue weighted by atomic mass is 16.5. The van der Waals surface area contributed by atoms with Crippen molar-refractivity contribution in [2.75, 3.05) is 78.6 Å². The van der Waals surface area contributed by atoms with Gasteiger partial charge in [-0.15, -0.1) is 0 Å². The van der Waals surface area contributed by atoms with Crippen LogP contribution in [0.25, 0.3) is 0 Å². The average molecular weight is 402 g/mol. The van der Waals surface area contributed by atoms with Crippen molar-refractivity contribution in [2.24, 2.45) is 0 Å². The molecule has 28 heavy (non-hydrogen) atoms. The quantitative estimate of drug-likeness (QED) is 0.327. The summed E-state index contributed by atoms with van der Waals surface area (Å²) in [6.45, 7) is 6.86. The van der Waals surface area contributed by atoms with Gasteiger partial charge in [0.05, 0.1) is 26.2 Å². The van der Waals surface area contributed by atoms with Crippen molar-refractivity contribution in [1.82, 2.24) is 20.0 Å². The zero-order chi connectivity index (χ0) is 20.8. The van der Waals surface area contributed by atoms with E-state index >= 15 is 0 Å². The molecule has 0 spiro atoms. The lowest BCUT2D eigenvalue weighted by molar-refractivity contribution is -0.145. The number of nitrogens with zero attached hydrogens (tertiary/aromatic N) is 3. The van der Waals surface area contributed by atoms with Crippen LogP contribution in [-0.4, -0.2) is 121 Å². The lowest BCUT2D eigenvalue weighted by Gasteiger charge is -2.30. The molecule has 162 valence electrons. The number of unbranched alkanes of at least 4 members (excludes halogenated alkanes) is 1. The molecule has 10 heteroatoms. The third kappa shape index (κ3) is 11.9. The number of carboxylic acids is 2. The van der Waals surface area contributed by atoms with Gasteiger partial charge in [0, 0.05) is 52.4 Å². The number of carbonyl (C=O) groups excluding carboxylic acids is 1. The molecular weight excluding hydrogens is 368 g/mol. The summed E-state index contributed by atoms with van der Waals surface area (Å²) in [5.41, 5.74) is 0. The van der Waals surface area contributed by atoms with E-state index in [1.54, 1.807) is 9.80 Å². The molecule has 1 fully saturated rings. The predicted molar refractivity (Wildman–Crippen MR) is 103 cm³/mol. The maximum atomic E-state index is 12.0. The van der Waals surface area contributed by atoms with E-state index in [1.807, 2.05) is 11.8 Å². The average Bonchev–Trinajstić information content (AvgIpc) is 2.61. The Kier molecular flexibility index (Phi) is 12.4. The second-order valence-electron chi connectivity index (χ2n) is 6.94. The van der Waals surface area contributed by atoms with Crippen molar-refractivity contribution in [3.8, 4) is 0 Å². The van der Waals surface area contributed by atoms with Crippen LogP contribution in [0.3, 0.4) is 0 Å². The van der Waals surface area contributed by atoms with Crippen LogP contribution in [0.15, 0.2) is 0 Å². The normalized spacial score (nSPS) is 18.8. The van der Waals surface area contributed by atoms with Crippen LogP contribution in [0.1, 0.15) is 19.8 Å². The lowest BCUT2D eigenvalue weighted by atomic mass is 10.3. The zero-order valence-electron chi connectivity index (χ0n) is 16.8. The molecule has 3 N–H and O–H groups in total.